The average molecular weight is 502 g/mol. The molecule has 0 aliphatic heterocycles. The van der Waals surface area contributed by atoms with Gasteiger partial charge in [-0.2, -0.15) is 15.1 Å². The zero-order valence-electron chi connectivity index (χ0n) is 19.8. The number of ether oxygens (including phenoxy) is 1. The van der Waals surface area contributed by atoms with Crippen molar-refractivity contribution in [2.75, 3.05) is 0 Å². The smallest absolute Gasteiger partial charge is 0.243 e. The van der Waals surface area contributed by atoms with Gasteiger partial charge in [-0.1, -0.05) is 25.9 Å². The fourth-order valence-corrected chi connectivity index (χ4v) is 4.49. The number of nitrogens with one attached hydrogen (secondary N) is 1. The molecule has 0 bridgehead atoms. The van der Waals surface area contributed by atoms with Gasteiger partial charge >= 0.3 is 0 Å². The normalized spacial score (nSPS) is 18.7. The van der Waals surface area contributed by atoms with Crippen molar-refractivity contribution in [3.63, 3.8) is 0 Å². The summed E-state index contributed by atoms with van der Waals surface area (Å²) in [6.45, 7) is 5.99. The molecule has 3 aromatic heterocycles. The number of nitrogens with zero attached hydrogens (tertiary/aromatic N) is 5. The maximum atomic E-state index is 14.6. The van der Waals surface area contributed by atoms with Gasteiger partial charge in [-0.25, -0.2) is 18.7 Å². The van der Waals surface area contributed by atoms with Crippen molar-refractivity contribution in [1.29, 1.82) is 0 Å². The van der Waals surface area contributed by atoms with Crippen LogP contribution in [-0.2, 0) is 17.4 Å². The summed E-state index contributed by atoms with van der Waals surface area (Å²) >= 11 is 0. The Balaban J connectivity index is 0.00000141. The number of fused-ring (bicyclic) bond motifs is 1. The van der Waals surface area contributed by atoms with Crippen LogP contribution in [0.25, 0.3) is 22.3 Å². The highest BCUT2D eigenvalue weighted by Gasteiger charge is 2.28. The summed E-state index contributed by atoms with van der Waals surface area (Å²) in [4.78, 5) is 13.2. The van der Waals surface area contributed by atoms with Gasteiger partial charge in [0.15, 0.2) is 5.82 Å². The van der Waals surface area contributed by atoms with E-state index in [-0.39, 0.29) is 22.5 Å². The Morgan fingerprint density at radius 2 is 2.00 bits per heavy atom. The molecule has 1 unspecified atom stereocenters. The summed E-state index contributed by atoms with van der Waals surface area (Å²) in [5.74, 6) is 1.43. The van der Waals surface area contributed by atoms with E-state index in [1.165, 1.54) is 18.5 Å². The summed E-state index contributed by atoms with van der Waals surface area (Å²) in [5, 5.41) is 16.4. The van der Waals surface area contributed by atoms with Crippen LogP contribution in [0.5, 0.6) is 5.88 Å². The predicted molar refractivity (Wildman–Crippen MR) is 128 cm³/mol. The van der Waals surface area contributed by atoms with Crippen LogP contribution < -0.4 is 9.88 Å². The standard InChI is InChI=1S/C21H22FN7O3S.C2H6/c1-2-16-26-20(32-29-16)11-3-5-12(6-4-11)31-21-19-18(24-10-25-21)17(27-28-19)14-8-7-13(33(23)30)9-15(14)22;1-2/h7-12H,2-6,23H2,1H3,(H,27,28);1-2H3. The number of H-pyrrole nitrogens is 1. The van der Waals surface area contributed by atoms with Crippen LogP contribution in [0.2, 0.25) is 0 Å². The largest absolute Gasteiger partial charge is 0.473 e. The molecule has 0 amide bonds. The van der Waals surface area contributed by atoms with Gasteiger partial charge in [0.05, 0.1) is 4.90 Å². The molecule has 3 N–H and O–H groups in total. The lowest BCUT2D eigenvalue weighted by Gasteiger charge is -2.26. The molecule has 12 heteroatoms. The predicted octanol–water partition coefficient (Wildman–Crippen LogP) is 4.22. The monoisotopic (exact) mass is 501 g/mol. The number of nitrogens with two attached hydrogens (primary N) is 1. The molecule has 4 aromatic rings. The average Bonchev–Trinajstić information content (AvgIpc) is 3.54. The second-order valence-electron chi connectivity index (χ2n) is 7.91. The Labute approximate surface area is 204 Å². The van der Waals surface area contributed by atoms with E-state index in [1.54, 1.807) is 0 Å². The first-order valence-electron chi connectivity index (χ1n) is 11.7. The SMILES string of the molecule is CC.CCc1noc(C2CCC(Oc3ncnc4c(-c5ccc(S(N)=O)cc5F)n[nH]c34)CC2)n1. The lowest BCUT2D eigenvalue weighted by Crippen LogP contribution is -2.24. The van der Waals surface area contributed by atoms with E-state index in [0.29, 0.717) is 28.5 Å². The van der Waals surface area contributed by atoms with Crippen LogP contribution in [0.1, 0.15) is 64.1 Å². The Hall–Kier alpha value is -3.25. The van der Waals surface area contributed by atoms with Crippen LogP contribution in [0.15, 0.2) is 33.9 Å². The van der Waals surface area contributed by atoms with Crippen molar-refractivity contribution in [1.82, 2.24) is 30.3 Å². The molecule has 0 saturated heterocycles. The minimum Gasteiger partial charge on any atom is -0.473 e. The number of halogens is 1. The molecule has 0 radical (unpaired) electrons. The highest BCUT2D eigenvalue weighted by atomic mass is 32.2. The molecule has 10 nitrogen and oxygen atoms in total. The number of hydrogen-bond acceptors (Lipinski definition) is 8. The fourth-order valence-electron chi connectivity index (χ4n) is 4.07. The van der Waals surface area contributed by atoms with Gasteiger partial charge in [0, 0.05) is 17.9 Å². The zero-order chi connectivity index (χ0) is 24.9. The first-order chi connectivity index (χ1) is 17.0. The fraction of sp³-hybridized carbons (Fsp3) is 0.435. The molecule has 186 valence electrons. The summed E-state index contributed by atoms with van der Waals surface area (Å²) in [5.41, 5.74) is 1.46. The number of aryl methyl sites for hydroxylation is 1. The van der Waals surface area contributed by atoms with E-state index in [4.69, 9.17) is 14.4 Å². The molecule has 1 saturated carbocycles. The van der Waals surface area contributed by atoms with Crippen molar-refractivity contribution in [3.05, 3.63) is 42.1 Å². The van der Waals surface area contributed by atoms with Crippen molar-refractivity contribution in [2.45, 2.75) is 69.8 Å². The second kappa shape index (κ2) is 11.0. The lowest BCUT2D eigenvalue weighted by atomic mass is 9.87. The molecule has 1 aromatic carbocycles. The minimum absolute atomic E-state index is 0.0322. The minimum atomic E-state index is -1.77. The van der Waals surface area contributed by atoms with E-state index < -0.39 is 16.8 Å². The highest BCUT2D eigenvalue weighted by molar-refractivity contribution is 7.82. The summed E-state index contributed by atoms with van der Waals surface area (Å²) in [7, 11) is -1.77. The Morgan fingerprint density at radius 3 is 2.66 bits per heavy atom. The van der Waals surface area contributed by atoms with Gasteiger partial charge in [0.25, 0.3) is 0 Å². The van der Waals surface area contributed by atoms with Gasteiger partial charge in [0.1, 0.15) is 46.0 Å². The van der Waals surface area contributed by atoms with Crippen molar-refractivity contribution >= 4 is 22.0 Å². The lowest BCUT2D eigenvalue weighted by molar-refractivity contribution is 0.135. The van der Waals surface area contributed by atoms with Gasteiger partial charge in [-0.05, 0) is 43.9 Å². The third-order valence-corrected chi connectivity index (χ3v) is 6.56. The van der Waals surface area contributed by atoms with E-state index in [2.05, 4.69) is 30.3 Å². The number of aromatic amines is 1. The maximum absolute atomic E-state index is 14.6. The quantitative estimate of drug-likeness (QED) is 0.399. The summed E-state index contributed by atoms with van der Waals surface area (Å²) in [6.07, 6.45) is 5.46. The van der Waals surface area contributed by atoms with Crippen molar-refractivity contribution in [2.24, 2.45) is 5.14 Å². The third kappa shape index (κ3) is 5.22. The van der Waals surface area contributed by atoms with Gasteiger partial charge in [0.2, 0.25) is 11.8 Å². The van der Waals surface area contributed by atoms with Gasteiger partial charge < -0.3 is 9.26 Å². The van der Waals surface area contributed by atoms with E-state index in [9.17, 15) is 8.60 Å². The van der Waals surface area contributed by atoms with Crippen LogP contribution in [0, 0.1) is 5.82 Å². The van der Waals surface area contributed by atoms with E-state index >= 15 is 0 Å². The van der Waals surface area contributed by atoms with Crippen molar-refractivity contribution in [3.8, 4) is 17.1 Å². The molecule has 5 rings (SSSR count). The third-order valence-electron chi connectivity index (χ3n) is 5.85. The first kappa shape index (κ1) is 24.9. The molecule has 35 heavy (non-hydrogen) atoms. The Kier molecular flexibility index (Phi) is 7.81. The van der Waals surface area contributed by atoms with Crippen LogP contribution >= 0.6 is 0 Å². The molecule has 1 fully saturated rings. The van der Waals surface area contributed by atoms with Crippen molar-refractivity contribution < 1.29 is 17.9 Å². The van der Waals surface area contributed by atoms with E-state index in [1.807, 2.05) is 20.8 Å². The molecule has 1 aliphatic rings. The molecular formula is C23H28FN7O3S. The molecule has 1 atom stereocenters. The van der Waals surface area contributed by atoms with E-state index in [0.717, 1.165) is 44.0 Å². The molecular weight excluding hydrogens is 473 g/mol. The zero-order valence-corrected chi connectivity index (χ0v) is 20.6. The van der Waals surface area contributed by atoms with Crippen LogP contribution in [0.4, 0.5) is 4.39 Å². The Morgan fingerprint density at radius 1 is 1.23 bits per heavy atom. The van der Waals surface area contributed by atoms with Gasteiger partial charge in [-0.3, -0.25) is 5.10 Å². The summed E-state index contributed by atoms with van der Waals surface area (Å²) < 4.78 is 37.6. The maximum Gasteiger partial charge on any atom is 0.243 e. The highest BCUT2D eigenvalue weighted by Crippen LogP contribution is 2.35. The summed E-state index contributed by atoms with van der Waals surface area (Å²) in [6, 6.07) is 4.12. The first-order valence-corrected chi connectivity index (χ1v) is 12.9. The van der Waals surface area contributed by atoms with Gasteiger partial charge in [-0.15, -0.1) is 0 Å². The van der Waals surface area contributed by atoms with Crippen LogP contribution in [-0.4, -0.2) is 40.6 Å². The van der Waals surface area contributed by atoms with Crippen LogP contribution in [0.3, 0.4) is 0 Å². The molecule has 3 heterocycles. The molecule has 1 aliphatic carbocycles. The second-order valence-corrected chi connectivity index (χ2v) is 8.97. The number of benzene rings is 1. The number of aromatic nitrogens is 6. The number of rotatable bonds is 6. The molecule has 0 spiro atoms. The number of hydrogen-bond donors (Lipinski definition) is 2. The topological polar surface area (TPSA) is 146 Å². The Bertz CT molecular complexity index is 1320.